The maximum Gasteiger partial charge on any atom is 0.411 e. The van der Waals surface area contributed by atoms with E-state index in [1.54, 1.807) is 45.2 Å². The number of rotatable bonds is 3. The summed E-state index contributed by atoms with van der Waals surface area (Å²) in [5.41, 5.74) is 0.766. The fraction of sp³-hybridized carbons (Fsp3) is 0.450. The van der Waals surface area contributed by atoms with Crippen LogP contribution in [0.15, 0.2) is 24.4 Å². The number of carbonyl (C=O) groups excluding carboxylic acids is 3. The molecule has 9 heteroatoms. The average molecular weight is 400 g/mol. The second-order valence-electron chi connectivity index (χ2n) is 7.77. The van der Waals surface area contributed by atoms with E-state index in [1.165, 1.54) is 12.0 Å². The van der Waals surface area contributed by atoms with Crippen LogP contribution in [0.5, 0.6) is 5.88 Å². The lowest BCUT2D eigenvalue weighted by Gasteiger charge is -2.35. The van der Waals surface area contributed by atoms with Crippen molar-refractivity contribution >= 4 is 34.5 Å². The minimum absolute atomic E-state index is 0.110. The number of carbonyl (C=O) groups is 3. The SMILES string of the molecule is COc1ccc2nccc(NC(=O)[C@@H]3CCC(=O)CN3C(=O)OC(C)(C)C)c2n1. The molecule has 154 valence electrons. The molecule has 2 aromatic heterocycles. The van der Waals surface area contributed by atoms with Crippen LogP contribution in [0.1, 0.15) is 33.6 Å². The molecule has 2 amide bonds. The van der Waals surface area contributed by atoms with Gasteiger partial charge in [-0.1, -0.05) is 0 Å². The molecule has 0 unspecified atom stereocenters. The van der Waals surface area contributed by atoms with Crippen LogP contribution in [0.25, 0.3) is 11.0 Å². The van der Waals surface area contributed by atoms with Gasteiger partial charge in [-0.15, -0.1) is 0 Å². The number of hydrogen-bond acceptors (Lipinski definition) is 7. The maximum absolute atomic E-state index is 13.0. The molecule has 0 spiro atoms. The topological polar surface area (TPSA) is 111 Å². The Labute approximate surface area is 168 Å². The molecule has 1 fully saturated rings. The number of anilines is 1. The first-order valence-electron chi connectivity index (χ1n) is 9.30. The normalized spacial score (nSPS) is 17.2. The monoisotopic (exact) mass is 400 g/mol. The van der Waals surface area contributed by atoms with E-state index in [0.29, 0.717) is 22.6 Å². The molecule has 0 aliphatic carbocycles. The predicted octanol–water partition coefficient (Wildman–Crippen LogP) is 2.55. The van der Waals surface area contributed by atoms with Crippen LogP contribution in [0, 0.1) is 0 Å². The number of pyridine rings is 2. The van der Waals surface area contributed by atoms with Gasteiger partial charge in [-0.25, -0.2) is 9.78 Å². The Morgan fingerprint density at radius 1 is 1.24 bits per heavy atom. The van der Waals surface area contributed by atoms with Crippen LogP contribution in [0.2, 0.25) is 0 Å². The lowest BCUT2D eigenvalue weighted by atomic mass is 10.0. The number of fused-ring (bicyclic) bond motifs is 1. The van der Waals surface area contributed by atoms with Gasteiger partial charge in [0.05, 0.1) is 24.9 Å². The lowest BCUT2D eigenvalue weighted by molar-refractivity contribution is -0.129. The van der Waals surface area contributed by atoms with Crippen molar-refractivity contribution in [3.05, 3.63) is 24.4 Å². The van der Waals surface area contributed by atoms with Gasteiger partial charge in [-0.3, -0.25) is 19.5 Å². The number of ether oxygens (including phenoxy) is 2. The second kappa shape index (κ2) is 8.02. The summed E-state index contributed by atoms with van der Waals surface area (Å²) in [7, 11) is 1.50. The highest BCUT2D eigenvalue weighted by atomic mass is 16.6. The van der Waals surface area contributed by atoms with Crippen molar-refractivity contribution in [2.75, 3.05) is 19.0 Å². The fourth-order valence-electron chi connectivity index (χ4n) is 3.06. The first-order valence-corrected chi connectivity index (χ1v) is 9.30. The average Bonchev–Trinajstić information content (AvgIpc) is 2.66. The molecule has 29 heavy (non-hydrogen) atoms. The Morgan fingerprint density at radius 3 is 2.69 bits per heavy atom. The van der Waals surface area contributed by atoms with Gasteiger partial charge >= 0.3 is 6.09 Å². The molecular formula is C20H24N4O5. The Kier molecular flexibility index (Phi) is 5.67. The van der Waals surface area contributed by atoms with E-state index in [9.17, 15) is 14.4 Å². The predicted molar refractivity (Wildman–Crippen MR) is 106 cm³/mol. The summed E-state index contributed by atoms with van der Waals surface area (Å²) in [6, 6.07) is 4.22. The zero-order valence-electron chi connectivity index (χ0n) is 16.9. The quantitative estimate of drug-likeness (QED) is 0.843. The molecule has 2 aromatic rings. The molecule has 1 saturated heterocycles. The Morgan fingerprint density at radius 2 is 2.00 bits per heavy atom. The third-order valence-corrected chi connectivity index (χ3v) is 4.38. The number of likely N-dealkylation sites (tertiary alicyclic amines) is 1. The number of hydrogen-bond donors (Lipinski definition) is 1. The molecule has 0 radical (unpaired) electrons. The van der Waals surface area contributed by atoms with Crippen LogP contribution in [-0.4, -0.2) is 57.9 Å². The second-order valence-corrected chi connectivity index (χ2v) is 7.77. The van der Waals surface area contributed by atoms with Gasteiger partial charge in [0.25, 0.3) is 0 Å². The zero-order chi connectivity index (χ0) is 21.2. The maximum atomic E-state index is 13.0. The first kappa shape index (κ1) is 20.5. The van der Waals surface area contributed by atoms with Crippen LogP contribution in [0.4, 0.5) is 10.5 Å². The summed E-state index contributed by atoms with van der Waals surface area (Å²) in [5.74, 6) is -0.138. The van der Waals surface area contributed by atoms with E-state index in [0.717, 1.165) is 0 Å². The summed E-state index contributed by atoms with van der Waals surface area (Å²) in [5, 5.41) is 2.81. The molecule has 1 N–H and O–H groups in total. The molecule has 0 aromatic carbocycles. The molecule has 3 rings (SSSR count). The highest BCUT2D eigenvalue weighted by Gasteiger charge is 2.37. The Hall–Kier alpha value is -3.23. The third kappa shape index (κ3) is 4.79. The number of ketones is 1. The molecule has 3 heterocycles. The molecule has 1 atom stereocenters. The van der Waals surface area contributed by atoms with Crippen molar-refractivity contribution < 1.29 is 23.9 Å². The molecule has 1 aliphatic rings. The van der Waals surface area contributed by atoms with Crippen LogP contribution in [0.3, 0.4) is 0 Å². The van der Waals surface area contributed by atoms with Crippen LogP contribution < -0.4 is 10.1 Å². The van der Waals surface area contributed by atoms with Gasteiger partial charge in [-0.2, -0.15) is 0 Å². The third-order valence-electron chi connectivity index (χ3n) is 4.38. The number of Topliss-reactive ketones (excluding diaryl/α,β-unsaturated/α-hetero) is 1. The molecule has 1 aliphatic heterocycles. The molecule has 9 nitrogen and oxygen atoms in total. The van der Waals surface area contributed by atoms with E-state index >= 15 is 0 Å². The van der Waals surface area contributed by atoms with Gasteiger partial charge in [0, 0.05) is 18.7 Å². The van der Waals surface area contributed by atoms with Crippen molar-refractivity contribution in [2.45, 2.75) is 45.3 Å². The largest absolute Gasteiger partial charge is 0.481 e. The number of nitrogens with zero attached hydrogens (tertiary/aromatic N) is 3. The van der Waals surface area contributed by atoms with Crippen molar-refractivity contribution in [1.82, 2.24) is 14.9 Å². The molecular weight excluding hydrogens is 376 g/mol. The van der Waals surface area contributed by atoms with Gasteiger partial charge in [0.2, 0.25) is 11.8 Å². The Balaban J connectivity index is 1.85. The van der Waals surface area contributed by atoms with Gasteiger partial charge in [0.1, 0.15) is 17.2 Å². The van der Waals surface area contributed by atoms with Crippen molar-refractivity contribution in [2.24, 2.45) is 0 Å². The number of piperidine rings is 1. The Bertz CT molecular complexity index is 954. The van der Waals surface area contributed by atoms with Gasteiger partial charge in [0.15, 0.2) is 5.78 Å². The summed E-state index contributed by atoms with van der Waals surface area (Å²) in [4.78, 5) is 47.2. The first-order chi connectivity index (χ1) is 13.7. The standard InChI is InChI=1S/C20H24N4O5/c1-20(2,3)29-19(27)24-11-12(25)5-7-15(24)18(26)22-14-9-10-21-13-6-8-16(28-4)23-17(13)14/h6,8-10,15H,5,7,11H2,1-4H3,(H,21,22,26)/t15-/m0/s1. The van der Waals surface area contributed by atoms with Gasteiger partial charge < -0.3 is 14.8 Å². The minimum Gasteiger partial charge on any atom is -0.481 e. The van der Waals surface area contributed by atoms with E-state index in [1.807, 2.05) is 0 Å². The fourth-order valence-corrected chi connectivity index (χ4v) is 3.06. The summed E-state index contributed by atoms with van der Waals surface area (Å²) in [6.07, 6.45) is 1.32. The zero-order valence-corrected chi connectivity index (χ0v) is 16.9. The van der Waals surface area contributed by atoms with Crippen molar-refractivity contribution in [1.29, 1.82) is 0 Å². The van der Waals surface area contributed by atoms with Crippen LogP contribution >= 0.6 is 0 Å². The minimum atomic E-state index is -0.823. The van der Waals surface area contributed by atoms with Gasteiger partial charge in [-0.05, 0) is 39.3 Å². The summed E-state index contributed by atoms with van der Waals surface area (Å²) < 4.78 is 10.5. The van der Waals surface area contributed by atoms with E-state index < -0.39 is 23.6 Å². The number of methoxy groups -OCH3 is 1. The lowest BCUT2D eigenvalue weighted by Crippen LogP contribution is -2.53. The van der Waals surface area contributed by atoms with Crippen molar-refractivity contribution in [3.63, 3.8) is 0 Å². The number of nitrogens with one attached hydrogen (secondary N) is 1. The van der Waals surface area contributed by atoms with E-state index in [4.69, 9.17) is 9.47 Å². The van der Waals surface area contributed by atoms with Crippen molar-refractivity contribution in [3.8, 4) is 5.88 Å². The number of amides is 2. The smallest absolute Gasteiger partial charge is 0.411 e. The number of aromatic nitrogens is 2. The highest BCUT2D eigenvalue weighted by Crippen LogP contribution is 2.25. The molecule has 0 saturated carbocycles. The highest BCUT2D eigenvalue weighted by molar-refractivity contribution is 6.03. The van der Waals surface area contributed by atoms with Crippen LogP contribution in [-0.2, 0) is 14.3 Å². The summed E-state index contributed by atoms with van der Waals surface area (Å²) >= 11 is 0. The van der Waals surface area contributed by atoms with E-state index in [2.05, 4.69) is 15.3 Å². The summed E-state index contributed by atoms with van der Waals surface area (Å²) in [6.45, 7) is 5.03. The molecule has 0 bridgehead atoms. The van der Waals surface area contributed by atoms with E-state index in [-0.39, 0.29) is 25.2 Å².